The summed E-state index contributed by atoms with van der Waals surface area (Å²) in [7, 11) is 0. The summed E-state index contributed by atoms with van der Waals surface area (Å²) in [5.74, 6) is 2.18. The fourth-order valence-corrected chi connectivity index (χ4v) is 6.56. The third-order valence-electron chi connectivity index (χ3n) is 8.54. The van der Waals surface area contributed by atoms with E-state index in [1.807, 2.05) is 18.5 Å². The van der Waals surface area contributed by atoms with Crippen LogP contribution in [0.3, 0.4) is 0 Å². The number of fused-ring (bicyclic) bond motifs is 1. The molecule has 37 heavy (non-hydrogen) atoms. The van der Waals surface area contributed by atoms with E-state index < -0.39 is 0 Å². The number of piperidine rings is 1. The van der Waals surface area contributed by atoms with E-state index in [4.69, 9.17) is 32.3 Å². The average Bonchev–Trinajstić information content (AvgIpc) is 3.57. The van der Waals surface area contributed by atoms with Crippen LogP contribution in [0.1, 0.15) is 75.8 Å². The van der Waals surface area contributed by atoms with Crippen molar-refractivity contribution in [2.24, 2.45) is 11.7 Å². The first kappa shape index (κ1) is 24.9. The maximum Gasteiger partial charge on any atom is 0.227 e. The zero-order valence-electron chi connectivity index (χ0n) is 21.6. The van der Waals surface area contributed by atoms with Gasteiger partial charge in [-0.3, -0.25) is 0 Å². The number of benzene rings is 1. The molecule has 1 aliphatic heterocycles. The van der Waals surface area contributed by atoms with E-state index in [2.05, 4.69) is 32.5 Å². The van der Waals surface area contributed by atoms with Gasteiger partial charge < -0.3 is 21.0 Å². The Morgan fingerprint density at radius 2 is 1.76 bits per heavy atom. The van der Waals surface area contributed by atoms with Crippen LogP contribution in [0.4, 0.5) is 11.8 Å². The lowest BCUT2D eigenvalue weighted by molar-refractivity contribution is 0.216. The van der Waals surface area contributed by atoms with Gasteiger partial charge in [0.1, 0.15) is 0 Å². The molecule has 0 spiro atoms. The van der Waals surface area contributed by atoms with Gasteiger partial charge >= 0.3 is 0 Å². The van der Waals surface area contributed by atoms with Crippen LogP contribution in [0.15, 0.2) is 30.6 Å². The molecule has 2 aliphatic carbocycles. The molecule has 2 saturated carbocycles. The summed E-state index contributed by atoms with van der Waals surface area (Å²) in [6.45, 7) is 1.95. The molecule has 1 aromatic carbocycles. The Hall–Kier alpha value is -2.42. The van der Waals surface area contributed by atoms with Crippen LogP contribution < -0.4 is 16.5 Å². The first-order valence-corrected chi connectivity index (χ1v) is 14.5. The molecule has 0 unspecified atom stereocenters. The molecule has 3 heterocycles. The number of halogens is 1. The first-order chi connectivity index (χ1) is 18.1. The zero-order valence-corrected chi connectivity index (χ0v) is 22.3. The Bertz CT molecular complexity index is 1190. The molecular formula is C28H39ClN8. The van der Waals surface area contributed by atoms with Crippen LogP contribution in [0.25, 0.3) is 11.2 Å². The predicted molar refractivity (Wildman–Crippen MR) is 150 cm³/mol. The number of hydrazine groups is 1. The second-order valence-corrected chi connectivity index (χ2v) is 11.7. The van der Waals surface area contributed by atoms with Gasteiger partial charge in [-0.15, -0.1) is 0 Å². The predicted octanol–water partition coefficient (Wildman–Crippen LogP) is 5.56. The van der Waals surface area contributed by atoms with E-state index in [-0.39, 0.29) is 0 Å². The molecule has 4 N–H and O–H groups in total. The van der Waals surface area contributed by atoms with Crippen LogP contribution in [0.2, 0.25) is 5.02 Å². The fourth-order valence-electron chi connectivity index (χ4n) is 6.35. The van der Waals surface area contributed by atoms with E-state index in [1.54, 1.807) is 0 Å². The van der Waals surface area contributed by atoms with E-state index >= 15 is 0 Å². The number of aromatic nitrogens is 4. The van der Waals surface area contributed by atoms with Gasteiger partial charge in [0, 0.05) is 36.2 Å². The zero-order chi connectivity index (χ0) is 25.2. The van der Waals surface area contributed by atoms with E-state index in [9.17, 15) is 0 Å². The van der Waals surface area contributed by atoms with Crippen LogP contribution in [-0.2, 0) is 6.42 Å². The van der Waals surface area contributed by atoms with Crippen LogP contribution >= 0.6 is 11.6 Å². The summed E-state index contributed by atoms with van der Waals surface area (Å²) in [4.78, 5) is 14.7. The second kappa shape index (κ2) is 11.1. The van der Waals surface area contributed by atoms with Crippen molar-refractivity contribution in [2.45, 2.75) is 88.8 Å². The maximum absolute atomic E-state index is 6.20. The van der Waals surface area contributed by atoms with Crippen molar-refractivity contribution in [1.29, 1.82) is 0 Å². The molecule has 3 aliphatic rings. The molecule has 1 saturated heterocycles. The van der Waals surface area contributed by atoms with Crippen molar-refractivity contribution in [3.8, 4) is 0 Å². The summed E-state index contributed by atoms with van der Waals surface area (Å²) < 4.78 is 2.29. The Balaban J connectivity index is 1.18. The number of imidazole rings is 1. The molecular weight excluding hydrogens is 484 g/mol. The van der Waals surface area contributed by atoms with Crippen LogP contribution in [0.5, 0.6) is 0 Å². The lowest BCUT2D eigenvalue weighted by Gasteiger charge is -2.32. The minimum Gasteiger partial charge on any atom is -0.351 e. The molecule has 6 rings (SSSR count). The van der Waals surface area contributed by atoms with Gasteiger partial charge in [0.2, 0.25) is 5.95 Å². The van der Waals surface area contributed by atoms with Gasteiger partial charge in [-0.1, -0.05) is 36.6 Å². The standard InChI is InChI=1S/C28H39ClN8/c29-21-5-3-4-20(17-21)16-19-12-14-36(15-13-19)35-26-25-27(37(18-31-25)24-6-1-2-7-24)34-28(33-26)32-23-10-8-22(30)9-11-23/h3-5,17-19,22-24H,1-2,6-16,30H2,(H2,32,33,34,35)/t22-,23-. The molecule has 198 valence electrons. The molecule has 9 heteroatoms. The number of rotatable bonds is 7. The van der Waals surface area contributed by atoms with Crippen molar-refractivity contribution in [1.82, 2.24) is 24.5 Å². The Labute approximate surface area is 224 Å². The first-order valence-electron chi connectivity index (χ1n) is 14.1. The minimum absolute atomic E-state index is 0.323. The third-order valence-corrected chi connectivity index (χ3v) is 8.77. The summed E-state index contributed by atoms with van der Waals surface area (Å²) in [6, 6.07) is 9.45. The monoisotopic (exact) mass is 522 g/mol. The van der Waals surface area contributed by atoms with Gasteiger partial charge in [-0.05, 0) is 81.4 Å². The van der Waals surface area contributed by atoms with Crippen molar-refractivity contribution < 1.29 is 0 Å². The third kappa shape index (κ3) is 5.86. The van der Waals surface area contributed by atoms with E-state index in [0.29, 0.717) is 30.0 Å². The Morgan fingerprint density at radius 1 is 0.973 bits per heavy atom. The molecule has 0 amide bonds. The highest BCUT2D eigenvalue weighted by molar-refractivity contribution is 6.30. The van der Waals surface area contributed by atoms with Crippen molar-refractivity contribution in [3.05, 3.63) is 41.2 Å². The molecule has 0 atom stereocenters. The van der Waals surface area contributed by atoms with E-state index in [1.165, 1.54) is 31.2 Å². The average molecular weight is 523 g/mol. The summed E-state index contributed by atoms with van der Waals surface area (Å²) in [5, 5.41) is 6.75. The molecule has 0 radical (unpaired) electrons. The highest BCUT2D eigenvalue weighted by atomic mass is 35.5. The highest BCUT2D eigenvalue weighted by Crippen LogP contribution is 2.34. The van der Waals surface area contributed by atoms with Crippen molar-refractivity contribution in [3.63, 3.8) is 0 Å². The molecule has 3 aromatic rings. The van der Waals surface area contributed by atoms with Crippen LogP contribution in [0, 0.1) is 5.92 Å². The summed E-state index contributed by atoms with van der Waals surface area (Å²) in [6.07, 6.45) is 14.5. The van der Waals surface area contributed by atoms with Crippen molar-refractivity contribution >= 4 is 34.5 Å². The Kier molecular flexibility index (Phi) is 7.49. The lowest BCUT2D eigenvalue weighted by atomic mass is 9.91. The molecule has 0 bridgehead atoms. The second-order valence-electron chi connectivity index (χ2n) is 11.3. The number of hydrogen-bond acceptors (Lipinski definition) is 7. The maximum atomic E-state index is 6.20. The Morgan fingerprint density at radius 3 is 2.51 bits per heavy atom. The molecule has 3 fully saturated rings. The normalized spacial score (nSPS) is 24.1. The minimum atomic E-state index is 0.323. The summed E-state index contributed by atoms with van der Waals surface area (Å²) >= 11 is 6.20. The molecule has 2 aromatic heterocycles. The van der Waals surface area contributed by atoms with Crippen LogP contribution in [-0.4, -0.2) is 49.7 Å². The quantitative estimate of drug-likeness (QED) is 0.374. The van der Waals surface area contributed by atoms with E-state index in [0.717, 1.165) is 80.0 Å². The topological polar surface area (TPSA) is 96.9 Å². The van der Waals surface area contributed by atoms with Gasteiger partial charge in [0.05, 0.1) is 6.33 Å². The number of hydrogen-bond donors (Lipinski definition) is 3. The lowest BCUT2D eigenvalue weighted by Crippen LogP contribution is -2.39. The van der Waals surface area contributed by atoms with Gasteiger partial charge in [-0.2, -0.15) is 9.97 Å². The summed E-state index contributed by atoms with van der Waals surface area (Å²) in [5.41, 5.74) is 12.9. The highest BCUT2D eigenvalue weighted by Gasteiger charge is 2.26. The smallest absolute Gasteiger partial charge is 0.227 e. The van der Waals surface area contributed by atoms with Crippen molar-refractivity contribution in [2.75, 3.05) is 23.8 Å². The van der Waals surface area contributed by atoms with Gasteiger partial charge in [0.15, 0.2) is 17.0 Å². The number of nitrogens with zero attached hydrogens (tertiary/aromatic N) is 5. The number of nitrogens with two attached hydrogens (primary N) is 1. The van der Waals surface area contributed by atoms with Gasteiger partial charge in [0.25, 0.3) is 0 Å². The van der Waals surface area contributed by atoms with Gasteiger partial charge in [-0.25, -0.2) is 9.99 Å². The largest absolute Gasteiger partial charge is 0.351 e. The SMILES string of the molecule is N[C@H]1CC[C@H](Nc2nc(NN3CCC(Cc4cccc(Cl)c4)CC3)c3ncn(C4CCCC4)c3n2)CC1. The number of anilines is 2. The molecule has 8 nitrogen and oxygen atoms in total. The fraction of sp³-hybridized carbons (Fsp3) is 0.607. The number of nitrogens with one attached hydrogen (secondary N) is 2.